The van der Waals surface area contributed by atoms with E-state index in [0.29, 0.717) is 11.5 Å². The highest BCUT2D eigenvalue weighted by atomic mass is 32.2. The Hall–Kier alpha value is -2.87. The molecule has 0 radical (unpaired) electrons. The molecule has 3 saturated heterocycles. The molecule has 2 bridgehead atoms. The van der Waals surface area contributed by atoms with Crippen molar-refractivity contribution in [3.63, 3.8) is 0 Å². The lowest BCUT2D eigenvalue weighted by Crippen LogP contribution is -2.83. The number of fused-ring (bicyclic) bond motifs is 7. The quantitative estimate of drug-likeness (QED) is 0.225. The minimum atomic E-state index is -2.34. The van der Waals surface area contributed by atoms with Gasteiger partial charge in [-0.05, 0) is 43.2 Å². The predicted molar refractivity (Wildman–Crippen MR) is 135 cm³/mol. The number of nitrogens with zero attached hydrogens (tertiary/aromatic N) is 2. The molecule has 2 amide bonds. The van der Waals surface area contributed by atoms with Crippen molar-refractivity contribution in [2.45, 2.75) is 42.3 Å². The van der Waals surface area contributed by atoms with Crippen molar-refractivity contribution in [1.29, 1.82) is 0 Å². The molecule has 0 saturated carbocycles. The molecule has 3 aliphatic heterocycles. The van der Waals surface area contributed by atoms with E-state index in [1.807, 2.05) is 42.5 Å². The predicted octanol–water partition coefficient (Wildman–Crippen LogP) is -0.212. The average Bonchev–Trinajstić information content (AvgIpc) is 2.88. The third-order valence-corrected chi connectivity index (χ3v) is 8.13. The van der Waals surface area contributed by atoms with Crippen LogP contribution in [0.15, 0.2) is 42.5 Å². The Morgan fingerprint density at radius 3 is 2.49 bits per heavy atom. The van der Waals surface area contributed by atoms with Gasteiger partial charge in [0.15, 0.2) is 0 Å². The molecule has 37 heavy (non-hydrogen) atoms. The zero-order chi connectivity index (χ0) is 26.4. The molecule has 2 aromatic carbocycles. The molecular weight excluding hydrogens is 500 g/mol. The number of piperazine rings is 1. The highest BCUT2D eigenvalue weighted by Gasteiger charge is 2.64. The number of benzene rings is 2. The lowest BCUT2D eigenvalue weighted by Gasteiger charge is -2.51. The Morgan fingerprint density at radius 1 is 1.11 bits per heavy atom. The van der Waals surface area contributed by atoms with Crippen LogP contribution in [-0.4, -0.2) is 84.3 Å². The number of aromatic nitrogens is 2. The molecule has 12 heteroatoms. The number of aliphatic hydroxyl groups excluding tert-OH is 2. The molecule has 11 nitrogen and oxygen atoms in total. The number of hydrogen-bond donors (Lipinski definition) is 6. The molecule has 3 aliphatic rings. The molecule has 6 N–H and O–H groups in total. The minimum absolute atomic E-state index is 0.0849. The summed E-state index contributed by atoms with van der Waals surface area (Å²) < 4.78 is 5.61. The molecular formula is C25H28N4O7S. The highest BCUT2D eigenvalue weighted by molar-refractivity contribution is 7.98. The Bertz CT molecular complexity index is 1370. The first kappa shape index (κ1) is 25.8. The first-order chi connectivity index (χ1) is 17.6. The normalized spacial score (nSPS) is 28.3. The van der Waals surface area contributed by atoms with Crippen LogP contribution in [0.4, 0.5) is 0 Å². The monoisotopic (exact) mass is 528 g/mol. The Labute approximate surface area is 216 Å². The van der Waals surface area contributed by atoms with Crippen LogP contribution in [0.25, 0.3) is 22.1 Å². The summed E-state index contributed by atoms with van der Waals surface area (Å²) >= 11 is 1.48. The summed E-state index contributed by atoms with van der Waals surface area (Å²) in [4.78, 5) is 35.3. The number of ether oxygens (including phenoxy) is 1. The standard InChI is InChI=1S/C25H28N4O7S/c1-23(34,13-30)20(31)25-22(33)28-24(35,21(32)29-25)15(8-9-36-25)12-37-11-14-6-7-18-19(10-14)27-17-5-3-2-4-16(17)26-18/h2-7,10,15,20,30-31,34-35H,8-9,11-13H2,1H3,(H,28,33)(H,29,32)/t15?,20-,23-,24+,25-/m0/s1. The van der Waals surface area contributed by atoms with E-state index in [0.717, 1.165) is 34.6 Å². The van der Waals surface area contributed by atoms with Crippen molar-refractivity contribution in [3.8, 4) is 0 Å². The van der Waals surface area contributed by atoms with E-state index >= 15 is 0 Å². The number of hydrogen-bond acceptors (Lipinski definition) is 10. The second-order valence-corrected chi connectivity index (χ2v) is 10.7. The molecule has 0 aliphatic carbocycles. The topological polar surface area (TPSA) is 174 Å². The van der Waals surface area contributed by atoms with Gasteiger partial charge in [-0.1, -0.05) is 18.2 Å². The van der Waals surface area contributed by atoms with Gasteiger partial charge in [0.05, 0.1) is 35.3 Å². The summed E-state index contributed by atoms with van der Waals surface area (Å²) in [7, 11) is 0. The van der Waals surface area contributed by atoms with Gasteiger partial charge in [-0.2, -0.15) is 11.8 Å². The van der Waals surface area contributed by atoms with Gasteiger partial charge in [-0.25, -0.2) is 9.97 Å². The molecule has 1 unspecified atom stereocenters. The summed E-state index contributed by atoms with van der Waals surface area (Å²) in [5.74, 6) is -1.78. The van der Waals surface area contributed by atoms with Crippen molar-refractivity contribution < 1.29 is 34.8 Å². The van der Waals surface area contributed by atoms with Gasteiger partial charge in [0, 0.05) is 17.4 Å². The zero-order valence-corrected chi connectivity index (χ0v) is 20.9. The van der Waals surface area contributed by atoms with Gasteiger partial charge in [-0.15, -0.1) is 0 Å². The minimum Gasteiger partial charge on any atom is -0.393 e. The van der Waals surface area contributed by atoms with E-state index in [-0.39, 0.29) is 13.0 Å². The number of rotatable bonds is 7. The maximum absolute atomic E-state index is 13.0. The van der Waals surface area contributed by atoms with E-state index in [1.165, 1.54) is 11.8 Å². The fraction of sp³-hybridized carbons (Fsp3) is 0.440. The number of para-hydroxylation sites is 2. The first-order valence-corrected chi connectivity index (χ1v) is 13.0. The van der Waals surface area contributed by atoms with Crippen molar-refractivity contribution in [2.75, 3.05) is 19.0 Å². The number of nitrogens with one attached hydrogen (secondary N) is 2. The molecule has 4 heterocycles. The fourth-order valence-corrected chi connectivity index (χ4v) is 5.90. The number of amides is 2. The van der Waals surface area contributed by atoms with E-state index in [2.05, 4.69) is 20.6 Å². The fourth-order valence-electron chi connectivity index (χ4n) is 4.68. The van der Waals surface area contributed by atoms with E-state index < -0.39 is 47.5 Å². The summed E-state index contributed by atoms with van der Waals surface area (Å²) in [6, 6.07) is 13.5. The second kappa shape index (κ2) is 9.46. The van der Waals surface area contributed by atoms with Crippen LogP contribution in [0.2, 0.25) is 0 Å². The smallest absolute Gasteiger partial charge is 0.278 e. The molecule has 1 aromatic heterocycles. The van der Waals surface area contributed by atoms with Crippen LogP contribution in [0.1, 0.15) is 18.9 Å². The number of carbonyl (C=O) groups excluding carboxylic acids is 2. The summed E-state index contributed by atoms with van der Waals surface area (Å²) in [5.41, 5.74) is -2.56. The number of carbonyl (C=O) groups is 2. The lowest BCUT2D eigenvalue weighted by molar-refractivity contribution is -0.240. The number of aliphatic hydroxyl groups is 4. The third kappa shape index (κ3) is 4.43. The zero-order valence-electron chi connectivity index (χ0n) is 20.0. The van der Waals surface area contributed by atoms with Gasteiger partial charge >= 0.3 is 0 Å². The maximum atomic E-state index is 13.0. The van der Waals surface area contributed by atoms with Gasteiger partial charge in [0.2, 0.25) is 5.72 Å². The molecule has 5 atom stereocenters. The summed E-state index contributed by atoms with van der Waals surface area (Å²) in [6.07, 6.45) is -1.79. The molecule has 6 rings (SSSR count). The van der Waals surface area contributed by atoms with Crippen molar-refractivity contribution in [3.05, 3.63) is 48.0 Å². The Balaban J connectivity index is 1.30. The van der Waals surface area contributed by atoms with E-state index in [1.54, 1.807) is 0 Å². The van der Waals surface area contributed by atoms with E-state index in [4.69, 9.17) is 4.74 Å². The average molecular weight is 529 g/mol. The van der Waals surface area contributed by atoms with Crippen LogP contribution < -0.4 is 10.6 Å². The van der Waals surface area contributed by atoms with Gasteiger partial charge in [0.1, 0.15) is 11.7 Å². The molecule has 3 aromatic rings. The van der Waals surface area contributed by atoms with Crippen molar-refractivity contribution in [2.24, 2.45) is 5.92 Å². The van der Waals surface area contributed by atoms with Crippen LogP contribution in [-0.2, 0) is 20.1 Å². The summed E-state index contributed by atoms with van der Waals surface area (Å²) in [6.45, 7) is 0.135. The third-order valence-electron chi connectivity index (χ3n) is 6.96. The van der Waals surface area contributed by atoms with Gasteiger partial charge < -0.3 is 35.8 Å². The lowest BCUT2D eigenvalue weighted by atomic mass is 9.83. The van der Waals surface area contributed by atoms with Gasteiger partial charge in [-0.3, -0.25) is 9.59 Å². The van der Waals surface area contributed by atoms with Crippen LogP contribution in [0.5, 0.6) is 0 Å². The Kier molecular flexibility index (Phi) is 6.59. The van der Waals surface area contributed by atoms with Crippen LogP contribution >= 0.6 is 11.8 Å². The largest absolute Gasteiger partial charge is 0.393 e. The molecule has 3 fully saturated rings. The summed E-state index contributed by atoms with van der Waals surface area (Å²) in [5, 5.41) is 46.1. The van der Waals surface area contributed by atoms with E-state index in [9.17, 15) is 30.0 Å². The number of thioether (sulfide) groups is 1. The Morgan fingerprint density at radius 2 is 1.78 bits per heavy atom. The van der Waals surface area contributed by atoms with Crippen molar-refractivity contribution >= 4 is 45.6 Å². The highest BCUT2D eigenvalue weighted by Crippen LogP contribution is 2.36. The van der Waals surface area contributed by atoms with Crippen LogP contribution in [0.3, 0.4) is 0 Å². The van der Waals surface area contributed by atoms with Crippen LogP contribution in [0, 0.1) is 5.92 Å². The first-order valence-electron chi connectivity index (χ1n) is 11.8. The maximum Gasteiger partial charge on any atom is 0.278 e. The van der Waals surface area contributed by atoms with Crippen molar-refractivity contribution in [1.82, 2.24) is 20.6 Å². The SMILES string of the molecule is C[C@](O)(CO)[C@H](O)[C@@]12NC(=O)[C@@](O)(NC1=O)C(CSCc1ccc3nc4ccccc4nc3c1)CCO2. The molecule has 0 spiro atoms. The second-order valence-electron chi connectivity index (χ2n) is 9.71. The molecule has 196 valence electrons. The van der Waals surface area contributed by atoms with Gasteiger partial charge in [0.25, 0.3) is 17.5 Å².